The van der Waals surface area contributed by atoms with Crippen LogP contribution in [-0.4, -0.2) is 60.1 Å². The average Bonchev–Trinajstić information content (AvgIpc) is 3.20. The van der Waals surface area contributed by atoms with Crippen molar-refractivity contribution in [2.24, 2.45) is 0 Å². The van der Waals surface area contributed by atoms with E-state index in [2.05, 4.69) is 0 Å². The largest absolute Gasteiger partial charge is 0.504 e. The van der Waals surface area contributed by atoms with E-state index < -0.39 is 41.7 Å². The lowest BCUT2D eigenvalue weighted by molar-refractivity contribution is -0.160. The summed E-state index contributed by atoms with van der Waals surface area (Å²) < 4.78 is 10.5. The highest BCUT2D eigenvalue weighted by atomic mass is 16.6. The van der Waals surface area contributed by atoms with Crippen molar-refractivity contribution in [3.63, 3.8) is 0 Å². The van der Waals surface area contributed by atoms with Crippen LogP contribution in [0.1, 0.15) is 28.2 Å². The summed E-state index contributed by atoms with van der Waals surface area (Å²) in [6.07, 6.45) is -1.06. The number of benzene rings is 3. The van der Waals surface area contributed by atoms with Crippen molar-refractivity contribution in [2.45, 2.75) is 24.7 Å². The lowest BCUT2D eigenvalue weighted by Crippen LogP contribution is -2.28. The number of rotatable bonds is 7. The predicted octanol–water partition coefficient (Wildman–Crippen LogP) is 2.31. The van der Waals surface area contributed by atoms with Gasteiger partial charge in [-0.1, -0.05) is 18.2 Å². The Hall–Kier alpha value is -4.90. The molecule has 0 radical (unpaired) electrons. The van der Waals surface area contributed by atoms with Crippen molar-refractivity contribution < 1.29 is 54.8 Å². The van der Waals surface area contributed by atoms with Crippen LogP contribution in [0.2, 0.25) is 0 Å². The number of hydrogen-bond donors (Lipinski definition) is 7. The molecule has 11 heteroatoms. The molecule has 0 fully saturated rings. The fourth-order valence-corrected chi connectivity index (χ4v) is 4.02. The predicted molar refractivity (Wildman–Crippen MR) is 126 cm³/mol. The van der Waals surface area contributed by atoms with E-state index in [1.54, 1.807) is 0 Å². The molecule has 192 valence electrons. The van der Waals surface area contributed by atoms with Gasteiger partial charge in [0.2, 0.25) is 12.4 Å². The van der Waals surface area contributed by atoms with Crippen LogP contribution in [0, 0.1) is 0 Å². The molecule has 0 saturated carbocycles. The monoisotopic (exact) mass is 510 g/mol. The number of aliphatic hydroxyl groups excluding tert-OH is 1. The fraction of sp³-hybridized carbons (Fsp3) is 0.154. The second kappa shape index (κ2) is 9.99. The summed E-state index contributed by atoms with van der Waals surface area (Å²) in [6.45, 7) is 0. The fourth-order valence-electron chi connectivity index (χ4n) is 4.02. The maximum Gasteiger partial charge on any atom is 0.345 e. The number of carboxylic acid groups (broad SMARTS) is 1. The molecular weight excluding hydrogens is 488 g/mol. The number of fused-ring (bicyclic) bond motifs is 1. The third kappa shape index (κ3) is 5.21. The number of aliphatic carboxylic acids is 1. The molecule has 7 N–H and O–H groups in total. The Morgan fingerprint density at radius 1 is 0.892 bits per heavy atom. The highest BCUT2D eigenvalue weighted by Crippen LogP contribution is 2.49. The second-order valence-electron chi connectivity index (χ2n) is 8.28. The van der Waals surface area contributed by atoms with E-state index in [1.165, 1.54) is 48.5 Å². The smallest absolute Gasteiger partial charge is 0.345 e. The Labute approximate surface area is 209 Å². The van der Waals surface area contributed by atoms with Gasteiger partial charge in [0.25, 0.3) is 0 Å². The zero-order valence-corrected chi connectivity index (χ0v) is 19.0. The standard InChI is InChI=1S/C26H22O11/c27-15-5-1-12(9-18(15)30)10-20(25(33)34)36-21(32)8-4-13-2-7-17(29)24-22(13)23(26(35)37-24)14-3-6-16(28)19(31)11-14/h1-9,11,20,23,26-31,35H,10H2,(H,33,34)/b8-4+. The van der Waals surface area contributed by atoms with Crippen molar-refractivity contribution in [1.82, 2.24) is 0 Å². The first-order chi connectivity index (χ1) is 17.5. The van der Waals surface area contributed by atoms with Gasteiger partial charge >= 0.3 is 11.9 Å². The number of carboxylic acids is 1. The Bertz CT molecular complexity index is 1400. The van der Waals surface area contributed by atoms with Crippen molar-refractivity contribution in [2.75, 3.05) is 0 Å². The van der Waals surface area contributed by atoms with Gasteiger partial charge in [-0.15, -0.1) is 0 Å². The molecule has 0 amide bonds. The first-order valence-electron chi connectivity index (χ1n) is 10.9. The highest BCUT2D eigenvalue weighted by Gasteiger charge is 2.38. The summed E-state index contributed by atoms with van der Waals surface area (Å²) in [6, 6.07) is 10.3. The highest BCUT2D eigenvalue weighted by molar-refractivity contribution is 5.90. The topological polar surface area (TPSA) is 194 Å². The van der Waals surface area contributed by atoms with Crippen LogP contribution in [0.3, 0.4) is 0 Å². The first-order valence-corrected chi connectivity index (χ1v) is 10.9. The van der Waals surface area contributed by atoms with Crippen LogP contribution >= 0.6 is 0 Å². The van der Waals surface area contributed by atoms with Crippen LogP contribution in [0.25, 0.3) is 6.08 Å². The molecule has 0 bridgehead atoms. The molecule has 37 heavy (non-hydrogen) atoms. The Morgan fingerprint density at radius 3 is 2.19 bits per heavy atom. The van der Waals surface area contributed by atoms with E-state index in [1.807, 2.05) is 0 Å². The molecule has 3 atom stereocenters. The number of aromatic hydroxyl groups is 5. The molecule has 0 aliphatic carbocycles. The molecule has 1 heterocycles. The van der Waals surface area contributed by atoms with E-state index in [4.69, 9.17) is 9.47 Å². The Morgan fingerprint density at radius 2 is 1.54 bits per heavy atom. The average molecular weight is 510 g/mol. The molecule has 3 unspecified atom stereocenters. The summed E-state index contributed by atoms with van der Waals surface area (Å²) in [4.78, 5) is 24.1. The molecule has 0 spiro atoms. The molecule has 1 aliphatic heterocycles. The van der Waals surface area contributed by atoms with Crippen molar-refractivity contribution >= 4 is 18.0 Å². The molecule has 3 aromatic carbocycles. The van der Waals surface area contributed by atoms with Crippen LogP contribution in [0.4, 0.5) is 0 Å². The number of aliphatic hydroxyl groups is 1. The summed E-state index contributed by atoms with van der Waals surface area (Å²) in [7, 11) is 0. The van der Waals surface area contributed by atoms with Gasteiger partial charge in [0.15, 0.2) is 34.5 Å². The Kier molecular flexibility index (Phi) is 6.81. The minimum Gasteiger partial charge on any atom is -0.504 e. The maximum absolute atomic E-state index is 12.5. The quantitative estimate of drug-likeness (QED) is 0.140. The van der Waals surface area contributed by atoms with E-state index in [0.717, 1.165) is 12.1 Å². The lowest BCUT2D eigenvalue weighted by atomic mass is 9.88. The SMILES string of the molecule is O=C(/C=C/c1ccc(O)c2c1C(c1ccc(O)c(O)c1)C(O)O2)OC(Cc1ccc(O)c(O)c1)C(=O)O. The molecule has 3 aromatic rings. The van der Waals surface area contributed by atoms with E-state index >= 15 is 0 Å². The number of ether oxygens (including phenoxy) is 2. The first kappa shape index (κ1) is 25.2. The van der Waals surface area contributed by atoms with Gasteiger partial charge < -0.3 is 45.2 Å². The summed E-state index contributed by atoms with van der Waals surface area (Å²) >= 11 is 0. The van der Waals surface area contributed by atoms with E-state index in [9.17, 15) is 45.3 Å². The minimum absolute atomic E-state index is 0.0452. The van der Waals surface area contributed by atoms with Crippen LogP contribution in [0.15, 0.2) is 54.6 Å². The zero-order valence-electron chi connectivity index (χ0n) is 19.0. The number of phenols is 5. The third-order valence-corrected chi connectivity index (χ3v) is 5.80. The van der Waals surface area contributed by atoms with Crippen LogP contribution < -0.4 is 4.74 Å². The molecule has 1 aliphatic rings. The normalized spacial score (nSPS) is 17.2. The molecule has 11 nitrogen and oxygen atoms in total. The number of phenolic OH excluding ortho intramolecular Hbond substituents is 5. The number of hydrogen-bond acceptors (Lipinski definition) is 10. The van der Waals surface area contributed by atoms with Crippen molar-refractivity contribution in [3.8, 4) is 34.5 Å². The van der Waals surface area contributed by atoms with Crippen molar-refractivity contribution in [3.05, 3.63) is 76.9 Å². The van der Waals surface area contributed by atoms with Gasteiger partial charge in [0, 0.05) is 18.1 Å². The lowest BCUT2D eigenvalue weighted by Gasteiger charge is -2.16. The van der Waals surface area contributed by atoms with Gasteiger partial charge in [-0.3, -0.25) is 0 Å². The van der Waals surface area contributed by atoms with Gasteiger partial charge in [0.1, 0.15) is 0 Å². The van der Waals surface area contributed by atoms with Gasteiger partial charge in [-0.25, -0.2) is 9.59 Å². The van der Waals surface area contributed by atoms with Crippen molar-refractivity contribution in [1.29, 1.82) is 0 Å². The summed E-state index contributed by atoms with van der Waals surface area (Å²) in [5, 5.41) is 68.7. The molecular formula is C26H22O11. The van der Waals surface area contributed by atoms with E-state index in [-0.39, 0.29) is 35.0 Å². The van der Waals surface area contributed by atoms with Crippen LogP contribution in [0.5, 0.6) is 34.5 Å². The number of esters is 1. The number of carbonyl (C=O) groups is 2. The minimum atomic E-state index is -1.59. The van der Waals surface area contributed by atoms with E-state index in [0.29, 0.717) is 16.7 Å². The zero-order chi connectivity index (χ0) is 26.9. The summed E-state index contributed by atoms with van der Waals surface area (Å²) in [5.74, 6) is -5.29. The summed E-state index contributed by atoms with van der Waals surface area (Å²) in [5.41, 5.74) is 1.28. The molecule has 0 aromatic heterocycles. The van der Waals surface area contributed by atoms with Gasteiger partial charge in [0.05, 0.1) is 5.92 Å². The Balaban J connectivity index is 1.58. The number of carbonyl (C=O) groups excluding carboxylic acids is 1. The molecule has 4 rings (SSSR count). The van der Waals surface area contributed by atoms with Crippen LogP contribution in [-0.2, 0) is 20.7 Å². The second-order valence-corrected chi connectivity index (χ2v) is 8.28. The van der Waals surface area contributed by atoms with Gasteiger partial charge in [-0.2, -0.15) is 0 Å². The van der Waals surface area contributed by atoms with Gasteiger partial charge in [-0.05, 0) is 53.1 Å². The molecule has 0 saturated heterocycles. The maximum atomic E-state index is 12.5. The third-order valence-electron chi connectivity index (χ3n) is 5.80.